The van der Waals surface area contributed by atoms with Gasteiger partial charge in [0.15, 0.2) is 0 Å². The van der Waals surface area contributed by atoms with Gasteiger partial charge in [-0.15, -0.1) is 6.58 Å². The van der Waals surface area contributed by atoms with Gasteiger partial charge in [0.05, 0.1) is 6.61 Å². The quantitative estimate of drug-likeness (QED) is 0.260. The molecule has 0 aliphatic carbocycles. The van der Waals surface area contributed by atoms with Gasteiger partial charge >= 0.3 is 5.97 Å². The van der Waals surface area contributed by atoms with E-state index in [1.165, 1.54) is 32.1 Å². The van der Waals surface area contributed by atoms with Gasteiger partial charge in [0.25, 0.3) is 0 Å². The van der Waals surface area contributed by atoms with Crippen LogP contribution in [0.1, 0.15) is 71.1 Å². The Balaban J connectivity index is 3.13. The SMILES string of the molecule is C=CCCCCCCC=CCCCCOC(=O)CC. The molecule has 0 bridgehead atoms. The summed E-state index contributed by atoms with van der Waals surface area (Å²) in [5.74, 6) is -0.0907. The monoisotopic (exact) mass is 266 g/mol. The number of hydrogen-bond acceptors (Lipinski definition) is 2. The predicted octanol–water partition coefficient (Wildman–Crippen LogP) is 5.19. The molecule has 19 heavy (non-hydrogen) atoms. The van der Waals surface area contributed by atoms with Crippen LogP contribution in [0.5, 0.6) is 0 Å². The summed E-state index contributed by atoms with van der Waals surface area (Å²) in [5.41, 5.74) is 0. The summed E-state index contributed by atoms with van der Waals surface area (Å²) >= 11 is 0. The van der Waals surface area contributed by atoms with Crippen molar-refractivity contribution >= 4 is 5.97 Å². The third kappa shape index (κ3) is 14.9. The molecule has 0 heterocycles. The number of allylic oxidation sites excluding steroid dienone is 3. The highest BCUT2D eigenvalue weighted by atomic mass is 16.5. The van der Waals surface area contributed by atoms with E-state index in [1.54, 1.807) is 0 Å². The second-order valence-electron chi connectivity index (χ2n) is 4.82. The van der Waals surface area contributed by atoms with Crippen molar-refractivity contribution in [3.8, 4) is 0 Å². The summed E-state index contributed by atoms with van der Waals surface area (Å²) in [4.78, 5) is 10.9. The van der Waals surface area contributed by atoms with E-state index in [4.69, 9.17) is 4.74 Å². The Morgan fingerprint density at radius 1 is 0.947 bits per heavy atom. The zero-order chi connectivity index (χ0) is 14.2. The lowest BCUT2D eigenvalue weighted by Gasteiger charge is -2.01. The summed E-state index contributed by atoms with van der Waals surface area (Å²) < 4.78 is 5.01. The smallest absolute Gasteiger partial charge is 0.305 e. The summed E-state index contributed by atoms with van der Waals surface area (Å²) in [5, 5.41) is 0. The van der Waals surface area contributed by atoms with E-state index in [1.807, 2.05) is 13.0 Å². The molecule has 0 aromatic carbocycles. The van der Waals surface area contributed by atoms with Gasteiger partial charge in [-0.05, 0) is 44.9 Å². The van der Waals surface area contributed by atoms with Crippen molar-refractivity contribution in [3.63, 3.8) is 0 Å². The lowest BCUT2D eigenvalue weighted by atomic mass is 10.1. The maximum atomic E-state index is 10.9. The molecule has 0 aromatic heterocycles. The Morgan fingerprint density at radius 2 is 1.53 bits per heavy atom. The lowest BCUT2D eigenvalue weighted by molar-refractivity contribution is -0.143. The number of rotatable bonds is 13. The molecule has 0 saturated carbocycles. The Labute approximate surface area is 118 Å². The molecule has 0 aliphatic rings. The Bertz CT molecular complexity index is 244. The molecule has 0 radical (unpaired) electrons. The molecule has 110 valence electrons. The largest absolute Gasteiger partial charge is 0.466 e. The van der Waals surface area contributed by atoms with E-state index in [0.29, 0.717) is 13.0 Å². The van der Waals surface area contributed by atoms with E-state index < -0.39 is 0 Å². The molecule has 0 saturated heterocycles. The second-order valence-corrected chi connectivity index (χ2v) is 4.82. The molecule has 0 aliphatic heterocycles. The van der Waals surface area contributed by atoms with Crippen molar-refractivity contribution in [1.82, 2.24) is 0 Å². The minimum absolute atomic E-state index is 0.0907. The first kappa shape index (κ1) is 17.9. The van der Waals surface area contributed by atoms with E-state index in [0.717, 1.165) is 25.7 Å². The van der Waals surface area contributed by atoms with Crippen LogP contribution in [0.4, 0.5) is 0 Å². The van der Waals surface area contributed by atoms with E-state index in [9.17, 15) is 4.79 Å². The summed E-state index contributed by atoms with van der Waals surface area (Å²) in [6.45, 7) is 6.12. The van der Waals surface area contributed by atoms with Crippen LogP contribution in [0, 0.1) is 0 Å². The van der Waals surface area contributed by atoms with Crippen molar-refractivity contribution in [1.29, 1.82) is 0 Å². The Morgan fingerprint density at radius 3 is 2.11 bits per heavy atom. The van der Waals surface area contributed by atoms with Crippen molar-refractivity contribution in [2.75, 3.05) is 6.61 Å². The number of carbonyl (C=O) groups is 1. The molecule has 0 amide bonds. The molecular formula is C17H30O2. The summed E-state index contributed by atoms with van der Waals surface area (Å²) in [6, 6.07) is 0. The van der Waals surface area contributed by atoms with Crippen LogP contribution >= 0.6 is 0 Å². The normalized spacial score (nSPS) is 10.8. The third-order valence-electron chi connectivity index (χ3n) is 3.01. The van der Waals surface area contributed by atoms with Gasteiger partial charge in [0.2, 0.25) is 0 Å². The maximum Gasteiger partial charge on any atom is 0.305 e. The van der Waals surface area contributed by atoms with Gasteiger partial charge in [-0.3, -0.25) is 4.79 Å². The first-order chi connectivity index (χ1) is 9.31. The molecule has 0 fully saturated rings. The van der Waals surface area contributed by atoms with E-state index in [2.05, 4.69) is 18.7 Å². The summed E-state index contributed by atoms with van der Waals surface area (Å²) in [7, 11) is 0. The Kier molecular flexibility index (Phi) is 14.2. The minimum Gasteiger partial charge on any atom is -0.466 e. The highest BCUT2D eigenvalue weighted by Crippen LogP contribution is 2.07. The van der Waals surface area contributed by atoms with Crippen LogP contribution < -0.4 is 0 Å². The van der Waals surface area contributed by atoms with Gasteiger partial charge in [-0.1, -0.05) is 38.0 Å². The minimum atomic E-state index is -0.0907. The van der Waals surface area contributed by atoms with Crippen molar-refractivity contribution in [3.05, 3.63) is 24.8 Å². The van der Waals surface area contributed by atoms with Gasteiger partial charge in [0.1, 0.15) is 0 Å². The van der Waals surface area contributed by atoms with Crippen LogP contribution in [-0.2, 0) is 9.53 Å². The molecule has 2 nitrogen and oxygen atoms in total. The number of hydrogen-bond donors (Lipinski definition) is 0. The molecule has 0 spiro atoms. The van der Waals surface area contributed by atoms with Crippen molar-refractivity contribution < 1.29 is 9.53 Å². The first-order valence-electron chi connectivity index (χ1n) is 7.72. The highest BCUT2D eigenvalue weighted by molar-refractivity contribution is 5.68. The van der Waals surface area contributed by atoms with Gasteiger partial charge in [-0.2, -0.15) is 0 Å². The molecule has 0 aromatic rings. The molecule has 0 rings (SSSR count). The Hall–Kier alpha value is -1.05. The second kappa shape index (κ2) is 15.0. The average Bonchev–Trinajstić information content (AvgIpc) is 2.43. The summed E-state index contributed by atoms with van der Waals surface area (Å²) in [6.07, 6.45) is 17.8. The third-order valence-corrected chi connectivity index (χ3v) is 3.01. The average molecular weight is 266 g/mol. The topological polar surface area (TPSA) is 26.3 Å². The van der Waals surface area contributed by atoms with Crippen LogP contribution in [0.25, 0.3) is 0 Å². The fourth-order valence-electron chi connectivity index (χ4n) is 1.79. The standard InChI is InChI=1S/C17H30O2/c1-3-5-6-7-8-9-10-11-12-13-14-15-16-19-17(18)4-2/h3,11-12H,1,4-10,13-16H2,2H3. The van der Waals surface area contributed by atoms with E-state index >= 15 is 0 Å². The zero-order valence-electron chi connectivity index (χ0n) is 12.5. The molecular weight excluding hydrogens is 236 g/mol. The van der Waals surface area contributed by atoms with Crippen LogP contribution in [-0.4, -0.2) is 12.6 Å². The van der Waals surface area contributed by atoms with Gasteiger partial charge < -0.3 is 4.74 Å². The highest BCUT2D eigenvalue weighted by Gasteiger charge is 1.96. The number of ether oxygens (including phenoxy) is 1. The fourth-order valence-corrected chi connectivity index (χ4v) is 1.79. The van der Waals surface area contributed by atoms with Crippen LogP contribution in [0.3, 0.4) is 0 Å². The van der Waals surface area contributed by atoms with Gasteiger partial charge in [0, 0.05) is 6.42 Å². The predicted molar refractivity (Wildman–Crippen MR) is 82.1 cm³/mol. The van der Waals surface area contributed by atoms with Crippen molar-refractivity contribution in [2.24, 2.45) is 0 Å². The number of unbranched alkanes of at least 4 members (excludes halogenated alkanes) is 7. The number of carbonyl (C=O) groups excluding carboxylic acids is 1. The molecule has 2 heteroatoms. The molecule has 0 unspecified atom stereocenters. The molecule has 0 N–H and O–H groups in total. The number of esters is 1. The van der Waals surface area contributed by atoms with Crippen LogP contribution in [0.2, 0.25) is 0 Å². The lowest BCUT2D eigenvalue weighted by Crippen LogP contribution is -2.03. The molecule has 0 atom stereocenters. The van der Waals surface area contributed by atoms with E-state index in [-0.39, 0.29) is 5.97 Å². The fraction of sp³-hybridized carbons (Fsp3) is 0.706. The maximum absolute atomic E-state index is 10.9. The first-order valence-corrected chi connectivity index (χ1v) is 7.72. The van der Waals surface area contributed by atoms with Gasteiger partial charge in [-0.25, -0.2) is 0 Å². The van der Waals surface area contributed by atoms with Crippen LogP contribution in [0.15, 0.2) is 24.8 Å². The van der Waals surface area contributed by atoms with Crippen molar-refractivity contribution in [2.45, 2.75) is 71.1 Å². The zero-order valence-corrected chi connectivity index (χ0v) is 12.5.